The molecule has 9 aromatic carbocycles. The van der Waals surface area contributed by atoms with Gasteiger partial charge in [-0.1, -0.05) is 140 Å². The lowest BCUT2D eigenvalue weighted by molar-refractivity contribution is 0.668. The first kappa shape index (κ1) is 32.6. The molecule has 6 nitrogen and oxygen atoms in total. The molecule has 61 heavy (non-hydrogen) atoms. The predicted octanol–water partition coefficient (Wildman–Crippen LogP) is 14.6. The number of fused-ring (bicyclic) bond motifs is 9. The van der Waals surface area contributed by atoms with E-state index in [0.29, 0.717) is 17.5 Å². The van der Waals surface area contributed by atoms with Crippen LogP contribution >= 0.6 is 0 Å². The molecule has 282 valence electrons. The first-order valence-corrected chi connectivity index (χ1v) is 20.5. The van der Waals surface area contributed by atoms with Gasteiger partial charge in [-0.05, 0) is 75.5 Å². The van der Waals surface area contributed by atoms with Gasteiger partial charge in [-0.3, -0.25) is 0 Å². The van der Waals surface area contributed by atoms with Crippen LogP contribution in [0, 0.1) is 0 Å². The first-order chi connectivity index (χ1) is 30.3. The molecule has 0 bridgehead atoms. The Balaban J connectivity index is 1.08. The average molecular weight is 779 g/mol. The van der Waals surface area contributed by atoms with Crippen molar-refractivity contribution in [2.45, 2.75) is 0 Å². The van der Waals surface area contributed by atoms with Crippen molar-refractivity contribution < 1.29 is 8.83 Å². The van der Waals surface area contributed by atoms with Crippen molar-refractivity contribution in [3.63, 3.8) is 0 Å². The molecule has 0 amide bonds. The molecular formula is C55H30N4O2. The van der Waals surface area contributed by atoms with E-state index in [-0.39, 0.29) is 0 Å². The van der Waals surface area contributed by atoms with Crippen LogP contribution in [0.3, 0.4) is 0 Å². The van der Waals surface area contributed by atoms with Gasteiger partial charge < -0.3 is 13.4 Å². The van der Waals surface area contributed by atoms with E-state index in [1.807, 2.05) is 72.8 Å². The summed E-state index contributed by atoms with van der Waals surface area (Å²) in [6.07, 6.45) is 0. The molecule has 0 aliphatic heterocycles. The molecule has 0 radical (unpaired) electrons. The van der Waals surface area contributed by atoms with Gasteiger partial charge in [0.25, 0.3) is 0 Å². The summed E-state index contributed by atoms with van der Waals surface area (Å²) in [5.41, 5.74) is 13.9. The topological polar surface area (TPSA) is 69.9 Å². The predicted molar refractivity (Wildman–Crippen MR) is 247 cm³/mol. The molecule has 4 aromatic heterocycles. The number of para-hydroxylation sites is 2. The van der Waals surface area contributed by atoms with Gasteiger partial charge in [-0.15, -0.1) is 0 Å². The highest BCUT2D eigenvalue weighted by atomic mass is 16.3. The van der Waals surface area contributed by atoms with Crippen LogP contribution in [0.25, 0.3) is 139 Å². The second-order valence-electron chi connectivity index (χ2n) is 15.8. The molecule has 0 saturated heterocycles. The maximum atomic E-state index is 6.77. The molecule has 0 fully saturated rings. The van der Waals surface area contributed by atoms with E-state index in [2.05, 4.69) is 114 Å². The van der Waals surface area contributed by atoms with Crippen molar-refractivity contribution in [2.24, 2.45) is 0 Å². The molecule has 1 aliphatic carbocycles. The van der Waals surface area contributed by atoms with Gasteiger partial charge in [0.1, 0.15) is 22.3 Å². The average Bonchev–Trinajstić information content (AvgIpc) is 3.99. The standard InChI is InChI=1S/C55H30N4O2/c1-2-13-32(14-3-1)53-56-54(58-55(57-53)40-23-9-21-38-35-18-6-7-26-44(35)61-52(38)40)39-22-11-27-45-49(39)50-42(25-12-28-46(50)60-45)59-41-24-10-20-37-34-17-5-4-16-33(34)36-19-8-15-31-29-30-43(59)51(47(31)36)48(37)41/h1-30H. The normalized spacial score (nSPS) is 12.3. The van der Waals surface area contributed by atoms with Gasteiger partial charge in [-0.2, -0.15) is 0 Å². The zero-order valence-electron chi connectivity index (χ0n) is 32.4. The Morgan fingerprint density at radius 2 is 0.918 bits per heavy atom. The van der Waals surface area contributed by atoms with E-state index < -0.39 is 0 Å². The fourth-order valence-electron chi connectivity index (χ4n) is 10.1. The highest BCUT2D eigenvalue weighted by molar-refractivity contribution is 6.31. The van der Waals surface area contributed by atoms with Gasteiger partial charge >= 0.3 is 0 Å². The highest BCUT2D eigenvalue weighted by Gasteiger charge is 2.27. The van der Waals surface area contributed by atoms with Gasteiger partial charge in [0.05, 0.1) is 27.7 Å². The second-order valence-corrected chi connectivity index (χ2v) is 15.8. The molecule has 13 aromatic rings. The number of hydrogen-bond donors (Lipinski definition) is 0. The summed E-state index contributed by atoms with van der Waals surface area (Å²) in [5, 5.41) is 9.01. The van der Waals surface area contributed by atoms with Crippen molar-refractivity contribution in [1.82, 2.24) is 19.5 Å². The van der Waals surface area contributed by atoms with Crippen LogP contribution in [-0.4, -0.2) is 19.5 Å². The number of hydrogen-bond acceptors (Lipinski definition) is 5. The van der Waals surface area contributed by atoms with E-state index in [9.17, 15) is 0 Å². The third kappa shape index (κ3) is 4.48. The fraction of sp³-hybridized carbons (Fsp3) is 0. The van der Waals surface area contributed by atoms with Crippen molar-refractivity contribution in [3.05, 3.63) is 182 Å². The van der Waals surface area contributed by atoms with Crippen LogP contribution in [0.4, 0.5) is 0 Å². The Kier molecular flexibility index (Phi) is 6.46. The largest absolute Gasteiger partial charge is 0.456 e. The molecule has 0 N–H and O–H groups in total. The number of furan rings is 2. The third-order valence-corrected chi connectivity index (χ3v) is 12.6. The minimum Gasteiger partial charge on any atom is -0.456 e. The first-order valence-electron chi connectivity index (χ1n) is 20.5. The van der Waals surface area contributed by atoms with Crippen LogP contribution in [-0.2, 0) is 0 Å². The van der Waals surface area contributed by atoms with Gasteiger partial charge in [0.15, 0.2) is 17.5 Å². The van der Waals surface area contributed by atoms with Crippen molar-refractivity contribution in [2.75, 3.05) is 0 Å². The van der Waals surface area contributed by atoms with Gasteiger partial charge in [0, 0.05) is 38.1 Å². The summed E-state index contributed by atoms with van der Waals surface area (Å²) >= 11 is 0. The lowest BCUT2D eigenvalue weighted by atomic mass is 9.93. The zero-order valence-corrected chi connectivity index (χ0v) is 32.4. The van der Waals surface area contributed by atoms with Crippen LogP contribution in [0.2, 0.25) is 0 Å². The summed E-state index contributed by atoms with van der Waals surface area (Å²) in [4.78, 5) is 15.7. The van der Waals surface area contributed by atoms with E-state index in [1.54, 1.807) is 0 Å². The Morgan fingerprint density at radius 3 is 1.79 bits per heavy atom. The van der Waals surface area contributed by atoms with Crippen molar-refractivity contribution in [1.29, 1.82) is 0 Å². The molecule has 1 aliphatic rings. The van der Waals surface area contributed by atoms with Crippen LogP contribution < -0.4 is 0 Å². The lowest BCUT2D eigenvalue weighted by Gasteiger charge is -2.14. The van der Waals surface area contributed by atoms with Crippen LogP contribution in [0.5, 0.6) is 0 Å². The molecular weight excluding hydrogens is 749 g/mol. The zero-order chi connectivity index (χ0) is 39.8. The Morgan fingerprint density at radius 1 is 0.328 bits per heavy atom. The molecule has 0 atom stereocenters. The monoisotopic (exact) mass is 778 g/mol. The molecule has 0 spiro atoms. The van der Waals surface area contributed by atoms with Crippen molar-refractivity contribution in [3.8, 4) is 62.1 Å². The number of aromatic nitrogens is 4. The SMILES string of the molecule is c1ccc(-c2nc(-c3cccc4c3oc3ccccc34)nc(-c3cccc4oc5cccc(-n6c7cccc8c7c7c9c(cccc9ccc76)-c6ccccc6-8)c5c34)n2)cc1. The molecule has 0 saturated carbocycles. The fourth-order valence-corrected chi connectivity index (χ4v) is 10.1. The highest BCUT2D eigenvalue weighted by Crippen LogP contribution is 2.51. The quantitative estimate of drug-likeness (QED) is 0.178. The number of nitrogens with zero attached hydrogens (tertiary/aromatic N) is 4. The Hall–Kier alpha value is -8.35. The van der Waals surface area contributed by atoms with E-state index in [1.165, 1.54) is 43.8 Å². The van der Waals surface area contributed by atoms with Crippen molar-refractivity contribution >= 4 is 76.5 Å². The molecule has 14 rings (SSSR count). The molecule has 0 unspecified atom stereocenters. The maximum absolute atomic E-state index is 6.77. The molecule has 4 heterocycles. The minimum atomic E-state index is 0.533. The Labute approximate surface area is 347 Å². The third-order valence-electron chi connectivity index (χ3n) is 12.6. The smallest absolute Gasteiger partial charge is 0.167 e. The minimum absolute atomic E-state index is 0.533. The van der Waals surface area contributed by atoms with E-state index in [0.717, 1.165) is 77.3 Å². The number of rotatable bonds is 4. The number of benzene rings is 9. The van der Waals surface area contributed by atoms with Crippen LogP contribution in [0.1, 0.15) is 0 Å². The Bertz CT molecular complexity index is 4010. The summed E-state index contributed by atoms with van der Waals surface area (Å²) in [6.45, 7) is 0. The van der Waals surface area contributed by atoms with E-state index in [4.69, 9.17) is 23.8 Å². The lowest BCUT2D eigenvalue weighted by Crippen LogP contribution is -2.01. The maximum Gasteiger partial charge on any atom is 0.167 e. The summed E-state index contributed by atoms with van der Waals surface area (Å²) in [5.74, 6) is 1.66. The summed E-state index contributed by atoms with van der Waals surface area (Å²) < 4.78 is 15.7. The van der Waals surface area contributed by atoms with Gasteiger partial charge in [-0.25, -0.2) is 15.0 Å². The second kappa shape index (κ2) is 12.1. The van der Waals surface area contributed by atoms with E-state index >= 15 is 0 Å². The summed E-state index contributed by atoms with van der Waals surface area (Å²) in [6, 6.07) is 63.7. The van der Waals surface area contributed by atoms with Gasteiger partial charge in [0.2, 0.25) is 0 Å². The summed E-state index contributed by atoms with van der Waals surface area (Å²) in [7, 11) is 0. The molecule has 6 heteroatoms. The van der Waals surface area contributed by atoms with Crippen LogP contribution in [0.15, 0.2) is 191 Å².